The first-order chi connectivity index (χ1) is 6.50. The molecule has 0 aliphatic rings. The maximum atomic E-state index is 10.9. The number of rotatable bonds is 2. The van der Waals surface area contributed by atoms with Crippen molar-refractivity contribution in [2.75, 3.05) is 0 Å². The molecule has 1 aromatic carbocycles. The minimum atomic E-state index is -1.52. The van der Waals surface area contributed by atoms with Crippen molar-refractivity contribution in [1.29, 1.82) is 5.26 Å². The molecule has 0 bridgehead atoms. The summed E-state index contributed by atoms with van der Waals surface area (Å²) in [5, 5.41) is 17.6. The third-order valence-electron chi connectivity index (χ3n) is 2.05. The van der Waals surface area contributed by atoms with Crippen molar-refractivity contribution in [3.05, 3.63) is 35.4 Å². The van der Waals surface area contributed by atoms with Crippen LogP contribution >= 0.6 is 0 Å². The highest BCUT2D eigenvalue weighted by atomic mass is 16.4. The first-order valence-corrected chi connectivity index (χ1v) is 4.02. The average molecular weight is 190 g/mol. The molecule has 0 fully saturated rings. The summed E-state index contributed by atoms with van der Waals surface area (Å²) >= 11 is 0. The van der Waals surface area contributed by atoms with Gasteiger partial charge in [-0.1, -0.05) is 18.2 Å². The number of hydrogen-bond donors (Lipinski definition) is 2. The summed E-state index contributed by atoms with van der Waals surface area (Å²) in [5.74, 6) is -1.15. The Morgan fingerprint density at radius 1 is 1.57 bits per heavy atom. The SMILES string of the molecule is C[C@](N)(C(=O)O)c1ccccc1C#N. The summed E-state index contributed by atoms with van der Waals surface area (Å²) in [4.78, 5) is 10.9. The van der Waals surface area contributed by atoms with Gasteiger partial charge in [0.15, 0.2) is 0 Å². The highest BCUT2D eigenvalue weighted by molar-refractivity contribution is 5.80. The number of carbonyl (C=O) groups is 1. The Labute approximate surface area is 81.6 Å². The standard InChI is InChI=1S/C10H10N2O2/c1-10(12,9(13)14)8-5-3-2-4-7(8)6-11/h2-5H,12H2,1H3,(H,13,14)/t10-/m1/s1. The van der Waals surface area contributed by atoms with Gasteiger partial charge in [-0.3, -0.25) is 0 Å². The number of carboxylic acids is 1. The molecule has 0 radical (unpaired) electrons. The largest absolute Gasteiger partial charge is 0.480 e. The molecule has 1 aromatic rings. The molecule has 72 valence electrons. The number of aliphatic carboxylic acids is 1. The number of carboxylic acid groups (broad SMARTS) is 1. The lowest BCUT2D eigenvalue weighted by Crippen LogP contribution is -2.42. The zero-order valence-corrected chi connectivity index (χ0v) is 7.69. The minimum absolute atomic E-state index is 0.292. The fourth-order valence-corrected chi connectivity index (χ4v) is 1.15. The van der Waals surface area contributed by atoms with Gasteiger partial charge in [0, 0.05) is 5.56 Å². The van der Waals surface area contributed by atoms with E-state index >= 15 is 0 Å². The number of nitrogens with zero attached hydrogens (tertiary/aromatic N) is 1. The molecule has 0 amide bonds. The second-order valence-corrected chi connectivity index (χ2v) is 3.16. The van der Waals surface area contributed by atoms with Crippen LogP contribution in [0.15, 0.2) is 24.3 Å². The molecule has 0 unspecified atom stereocenters. The molecular formula is C10H10N2O2. The summed E-state index contributed by atoms with van der Waals surface area (Å²) in [6, 6.07) is 8.33. The van der Waals surface area contributed by atoms with Crippen LogP contribution in [0.1, 0.15) is 18.1 Å². The Morgan fingerprint density at radius 3 is 2.64 bits per heavy atom. The van der Waals surface area contributed by atoms with Gasteiger partial charge in [-0.2, -0.15) is 5.26 Å². The highest BCUT2D eigenvalue weighted by Crippen LogP contribution is 2.21. The normalized spacial score (nSPS) is 14.1. The zero-order chi connectivity index (χ0) is 10.8. The maximum Gasteiger partial charge on any atom is 0.328 e. The van der Waals surface area contributed by atoms with Gasteiger partial charge in [0.25, 0.3) is 0 Å². The van der Waals surface area contributed by atoms with E-state index < -0.39 is 11.5 Å². The van der Waals surface area contributed by atoms with Crippen molar-refractivity contribution in [2.45, 2.75) is 12.5 Å². The predicted octanol–water partition coefficient (Wildman–Crippen LogP) is 0.817. The van der Waals surface area contributed by atoms with Gasteiger partial charge in [0.2, 0.25) is 0 Å². The first-order valence-electron chi connectivity index (χ1n) is 4.02. The molecule has 4 heteroatoms. The van der Waals surface area contributed by atoms with Crippen LogP contribution in [0.4, 0.5) is 0 Å². The topological polar surface area (TPSA) is 87.1 Å². The van der Waals surface area contributed by atoms with E-state index in [2.05, 4.69) is 0 Å². The van der Waals surface area contributed by atoms with Crippen LogP contribution in [0, 0.1) is 11.3 Å². The Kier molecular flexibility index (Phi) is 2.54. The van der Waals surface area contributed by atoms with Gasteiger partial charge in [-0.05, 0) is 13.0 Å². The fraction of sp³-hybridized carbons (Fsp3) is 0.200. The van der Waals surface area contributed by atoms with Crippen LogP contribution in [-0.4, -0.2) is 11.1 Å². The molecule has 0 spiro atoms. The van der Waals surface area contributed by atoms with Crippen molar-refractivity contribution < 1.29 is 9.90 Å². The van der Waals surface area contributed by atoms with Crippen molar-refractivity contribution in [3.63, 3.8) is 0 Å². The van der Waals surface area contributed by atoms with E-state index in [0.29, 0.717) is 11.1 Å². The molecule has 1 rings (SSSR count). The number of benzene rings is 1. The van der Waals surface area contributed by atoms with E-state index in [0.717, 1.165) is 0 Å². The zero-order valence-electron chi connectivity index (χ0n) is 7.69. The van der Waals surface area contributed by atoms with Crippen molar-refractivity contribution in [3.8, 4) is 6.07 Å². The van der Waals surface area contributed by atoms with E-state index in [4.69, 9.17) is 16.1 Å². The van der Waals surface area contributed by atoms with Crippen LogP contribution in [0.3, 0.4) is 0 Å². The Hall–Kier alpha value is -1.86. The first kappa shape index (κ1) is 10.2. The lowest BCUT2D eigenvalue weighted by Gasteiger charge is -2.20. The maximum absolute atomic E-state index is 10.9. The second-order valence-electron chi connectivity index (χ2n) is 3.16. The third kappa shape index (κ3) is 1.58. The quantitative estimate of drug-likeness (QED) is 0.722. The van der Waals surface area contributed by atoms with Gasteiger partial charge in [0.1, 0.15) is 5.54 Å². The monoisotopic (exact) mass is 190 g/mol. The van der Waals surface area contributed by atoms with E-state index in [1.165, 1.54) is 6.92 Å². The van der Waals surface area contributed by atoms with Gasteiger partial charge in [-0.25, -0.2) is 4.79 Å². The molecular weight excluding hydrogens is 180 g/mol. The number of hydrogen-bond acceptors (Lipinski definition) is 3. The predicted molar refractivity (Wildman–Crippen MR) is 50.3 cm³/mol. The Morgan fingerprint density at radius 2 is 2.14 bits per heavy atom. The summed E-state index contributed by atoms with van der Waals surface area (Å²) in [7, 11) is 0. The summed E-state index contributed by atoms with van der Waals surface area (Å²) in [6.07, 6.45) is 0. The second kappa shape index (κ2) is 3.48. The van der Waals surface area contributed by atoms with E-state index in [1.807, 2.05) is 6.07 Å². The van der Waals surface area contributed by atoms with E-state index in [9.17, 15) is 4.79 Å². The fourth-order valence-electron chi connectivity index (χ4n) is 1.15. The number of nitrogens with two attached hydrogens (primary N) is 1. The molecule has 0 aromatic heterocycles. The lowest BCUT2D eigenvalue weighted by atomic mass is 9.90. The average Bonchev–Trinajstić information content (AvgIpc) is 2.17. The van der Waals surface area contributed by atoms with E-state index in [1.54, 1.807) is 24.3 Å². The van der Waals surface area contributed by atoms with Gasteiger partial charge >= 0.3 is 5.97 Å². The van der Waals surface area contributed by atoms with Crippen LogP contribution in [0.25, 0.3) is 0 Å². The Balaban J connectivity index is 3.33. The molecule has 4 nitrogen and oxygen atoms in total. The van der Waals surface area contributed by atoms with Crippen molar-refractivity contribution in [2.24, 2.45) is 5.73 Å². The third-order valence-corrected chi connectivity index (χ3v) is 2.05. The summed E-state index contributed by atoms with van der Waals surface area (Å²) < 4.78 is 0. The van der Waals surface area contributed by atoms with Gasteiger partial charge in [-0.15, -0.1) is 0 Å². The highest BCUT2D eigenvalue weighted by Gasteiger charge is 2.32. The molecule has 3 N–H and O–H groups in total. The van der Waals surface area contributed by atoms with Crippen molar-refractivity contribution >= 4 is 5.97 Å². The molecule has 0 saturated carbocycles. The van der Waals surface area contributed by atoms with Gasteiger partial charge < -0.3 is 10.8 Å². The van der Waals surface area contributed by atoms with Crippen LogP contribution < -0.4 is 5.73 Å². The molecule has 0 aliphatic carbocycles. The lowest BCUT2D eigenvalue weighted by molar-refractivity contribution is -0.143. The molecule has 0 aliphatic heterocycles. The molecule has 0 heterocycles. The van der Waals surface area contributed by atoms with Crippen molar-refractivity contribution in [1.82, 2.24) is 0 Å². The summed E-state index contributed by atoms with van der Waals surface area (Å²) in [6.45, 7) is 1.37. The van der Waals surface area contributed by atoms with Gasteiger partial charge in [0.05, 0.1) is 11.6 Å². The van der Waals surface area contributed by atoms with E-state index in [-0.39, 0.29) is 0 Å². The molecule has 0 saturated heterocycles. The smallest absolute Gasteiger partial charge is 0.328 e. The van der Waals surface area contributed by atoms with Crippen LogP contribution in [0.5, 0.6) is 0 Å². The van der Waals surface area contributed by atoms with Crippen LogP contribution in [-0.2, 0) is 10.3 Å². The van der Waals surface area contributed by atoms with Crippen LogP contribution in [0.2, 0.25) is 0 Å². The Bertz CT molecular complexity index is 405. The molecule has 14 heavy (non-hydrogen) atoms. The summed E-state index contributed by atoms with van der Waals surface area (Å²) in [5.41, 5.74) is 4.71. The molecule has 1 atom stereocenters. The number of nitriles is 1. The minimum Gasteiger partial charge on any atom is -0.480 e.